The summed E-state index contributed by atoms with van der Waals surface area (Å²) in [5.41, 5.74) is 1.86. The number of carbonyl (C=O) groups is 1. The molecule has 142 valence electrons. The van der Waals surface area contributed by atoms with Crippen LogP contribution in [0.3, 0.4) is 0 Å². The van der Waals surface area contributed by atoms with Gasteiger partial charge in [-0.15, -0.1) is 0 Å². The number of nitrogens with zero attached hydrogens (tertiary/aromatic N) is 3. The van der Waals surface area contributed by atoms with E-state index < -0.39 is 0 Å². The molecule has 6 heteroatoms. The molecule has 3 heterocycles. The minimum absolute atomic E-state index is 0.0405. The number of H-pyrrole nitrogens is 1. The summed E-state index contributed by atoms with van der Waals surface area (Å²) in [4.78, 5) is 37.2. The zero-order valence-corrected chi connectivity index (χ0v) is 16.1. The molecule has 0 aromatic carbocycles. The van der Waals surface area contributed by atoms with E-state index in [1.165, 1.54) is 0 Å². The second-order valence-electron chi connectivity index (χ2n) is 8.61. The first kappa shape index (κ1) is 17.7. The van der Waals surface area contributed by atoms with Crippen molar-refractivity contribution in [3.05, 3.63) is 27.4 Å². The molecule has 0 unspecified atom stereocenters. The minimum Gasteiger partial charge on any atom is -0.342 e. The summed E-state index contributed by atoms with van der Waals surface area (Å²) in [6.07, 6.45) is 3.61. The third-order valence-corrected chi connectivity index (χ3v) is 6.47. The summed E-state index contributed by atoms with van der Waals surface area (Å²) in [6, 6.07) is 0.465. The van der Waals surface area contributed by atoms with Crippen molar-refractivity contribution in [3.63, 3.8) is 0 Å². The van der Waals surface area contributed by atoms with Crippen LogP contribution in [0.25, 0.3) is 0 Å². The van der Waals surface area contributed by atoms with Gasteiger partial charge < -0.3 is 9.88 Å². The number of rotatable bonds is 3. The predicted octanol–water partition coefficient (Wildman–Crippen LogP) is 1.90. The first-order chi connectivity index (χ1) is 12.4. The van der Waals surface area contributed by atoms with Gasteiger partial charge in [0.25, 0.3) is 5.56 Å². The van der Waals surface area contributed by atoms with Crippen molar-refractivity contribution in [2.45, 2.75) is 65.0 Å². The lowest BCUT2D eigenvalue weighted by Gasteiger charge is -2.33. The van der Waals surface area contributed by atoms with Crippen LogP contribution in [-0.4, -0.2) is 51.4 Å². The van der Waals surface area contributed by atoms with Gasteiger partial charge in [-0.3, -0.25) is 14.5 Å². The molecule has 4 rings (SSSR count). The number of carbonyl (C=O) groups excluding carboxylic acids is 1. The molecule has 1 saturated carbocycles. The van der Waals surface area contributed by atoms with Crippen LogP contribution in [-0.2, 0) is 17.8 Å². The summed E-state index contributed by atoms with van der Waals surface area (Å²) in [7, 11) is 0. The lowest BCUT2D eigenvalue weighted by molar-refractivity contribution is -0.133. The van der Waals surface area contributed by atoms with E-state index in [9.17, 15) is 9.59 Å². The highest BCUT2D eigenvalue weighted by Crippen LogP contribution is 2.40. The zero-order valence-electron chi connectivity index (χ0n) is 16.1. The Morgan fingerprint density at radius 2 is 1.92 bits per heavy atom. The first-order valence-electron chi connectivity index (χ1n) is 10.1. The van der Waals surface area contributed by atoms with Gasteiger partial charge in [-0.2, -0.15) is 0 Å². The monoisotopic (exact) mass is 358 g/mol. The number of nitrogens with one attached hydrogen (secondary N) is 1. The Hall–Kier alpha value is -1.69. The molecule has 2 fully saturated rings. The highest BCUT2D eigenvalue weighted by molar-refractivity contribution is 5.81. The molecular weight excluding hydrogens is 328 g/mol. The number of aromatic amines is 1. The van der Waals surface area contributed by atoms with Crippen molar-refractivity contribution in [3.8, 4) is 0 Å². The van der Waals surface area contributed by atoms with Crippen molar-refractivity contribution < 1.29 is 4.79 Å². The van der Waals surface area contributed by atoms with Crippen LogP contribution in [0.2, 0.25) is 0 Å². The van der Waals surface area contributed by atoms with Crippen molar-refractivity contribution in [2.75, 3.05) is 19.6 Å². The van der Waals surface area contributed by atoms with Crippen molar-refractivity contribution in [2.24, 2.45) is 11.8 Å². The average molecular weight is 358 g/mol. The molecule has 0 radical (unpaired) electrons. The molecule has 1 saturated heterocycles. The molecule has 0 bridgehead atoms. The average Bonchev–Trinajstić information content (AvgIpc) is 3.37. The van der Waals surface area contributed by atoms with E-state index in [4.69, 9.17) is 4.98 Å². The Kier molecular flexibility index (Phi) is 4.63. The molecule has 1 amide bonds. The Morgan fingerprint density at radius 3 is 2.54 bits per heavy atom. The molecular formula is C20H30N4O2. The zero-order chi connectivity index (χ0) is 18.4. The van der Waals surface area contributed by atoms with Crippen molar-refractivity contribution in [1.82, 2.24) is 19.8 Å². The van der Waals surface area contributed by atoms with Gasteiger partial charge in [0.05, 0.1) is 5.69 Å². The van der Waals surface area contributed by atoms with Crippen LogP contribution >= 0.6 is 0 Å². The summed E-state index contributed by atoms with van der Waals surface area (Å²) in [5, 5.41) is 0. The SMILES string of the molecule is CC(C)N1CCc2c(nc(C3CCN(C(=O)[C@@H]4C[C@@H]4C)CC3)[nH]c2=O)C1. The minimum atomic E-state index is 0.0405. The molecule has 2 atom stereocenters. The molecule has 26 heavy (non-hydrogen) atoms. The quantitative estimate of drug-likeness (QED) is 0.896. The normalized spacial score (nSPS) is 26.8. The highest BCUT2D eigenvalue weighted by atomic mass is 16.2. The number of hydrogen-bond donors (Lipinski definition) is 1. The number of aromatic nitrogens is 2. The third-order valence-electron chi connectivity index (χ3n) is 6.47. The largest absolute Gasteiger partial charge is 0.342 e. The maximum absolute atomic E-state index is 12.5. The fourth-order valence-corrected chi connectivity index (χ4v) is 4.39. The fourth-order valence-electron chi connectivity index (χ4n) is 4.39. The van der Waals surface area contributed by atoms with Crippen LogP contribution in [0, 0.1) is 11.8 Å². The van der Waals surface area contributed by atoms with E-state index in [0.717, 1.165) is 68.9 Å². The fraction of sp³-hybridized carbons (Fsp3) is 0.750. The number of likely N-dealkylation sites (tertiary alicyclic amines) is 1. The first-order valence-corrected chi connectivity index (χ1v) is 10.1. The lowest BCUT2D eigenvalue weighted by Crippen LogP contribution is -2.41. The summed E-state index contributed by atoms with van der Waals surface area (Å²) in [5.74, 6) is 2.22. The van der Waals surface area contributed by atoms with Gasteiger partial charge in [0, 0.05) is 49.6 Å². The van der Waals surface area contributed by atoms with Crippen LogP contribution in [0.4, 0.5) is 0 Å². The molecule has 2 aliphatic heterocycles. The Balaban J connectivity index is 1.46. The van der Waals surface area contributed by atoms with E-state index >= 15 is 0 Å². The second-order valence-corrected chi connectivity index (χ2v) is 8.61. The van der Waals surface area contributed by atoms with E-state index in [-0.39, 0.29) is 17.4 Å². The third kappa shape index (κ3) is 3.31. The van der Waals surface area contributed by atoms with Crippen LogP contribution < -0.4 is 5.56 Å². The Bertz CT molecular complexity index is 749. The molecule has 3 aliphatic rings. The smallest absolute Gasteiger partial charge is 0.254 e. The van der Waals surface area contributed by atoms with Gasteiger partial charge in [0.15, 0.2) is 0 Å². The van der Waals surface area contributed by atoms with Crippen LogP contribution in [0.15, 0.2) is 4.79 Å². The van der Waals surface area contributed by atoms with E-state index in [1.54, 1.807) is 0 Å². The maximum Gasteiger partial charge on any atom is 0.254 e. The van der Waals surface area contributed by atoms with Crippen molar-refractivity contribution in [1.29, 1.82) is 0 Å². The van der Waals surface area contributed by atoms with Crippen molar-refractivity contribution >= 4 is 5.91 Å². The van der Waals surface area contributed by atoms with Gasteiger partial charge in [-0.05, 0) is 45.4 Å². The summed E-state index contributed by atoms with van der Waals surface area (Å²) in [6.45, 7) is 9.78. The summed E-state index contributed by atoms with van der Waals surface area (Å²) < 4.78 is 0. The van der Waals surface area contributed by atoms with E-state index in [2.05, 4.69) is 30.7 Å². The molecule has 1 aliphatic carbocycles. The van der Waals surface area contributed by atoms with Gasteiger partial charge in [0.2, 0.25) is 5.91 Å². The number of piperidine rings is 1. The number of fused-ring (bicyclic) bond motifs is 1. The standard InChI is InChI=1S/C20H30N4O2/c1-12(2)24-9-6-15-17(11-24)21-18(22-19(15)25)14-4-7-23(8-5-14)20(26)16-10-13(16)3/h12-14,16H,4-11H2,1-3H3,(H,21,22,25)/t13-,16+/m0/s1. The topological polar surface area (TPSA) is 69.3 Å². The van der Waals surface area contributed by atoms with Crippen LogP contribution in [0.5, 0.6) is 0 Å². The molecule has 0 spiro atoms. The molecule has 6 nitrogen and oxygen atoms in total. The van der Waals surface area contributed by atoms with E-state index in [1.807, 2.05) is 4.90 Å². The van der Waals surface area contributed by atoms with E-state index in [0.29, 0.717) is 17.9 Å². The van der Waals surface area contributed by atoms with Gasteiger partial charge in [-0.1, -0.05) is 6.92 Å². The molecule has 1 aromatic rings. The Morgan fingerprint density at radius 1 is 1.23 bits per heavy atom. The predicted molar refractivity (Wildman–Crippen MR) is 99.9 cm³/mol. The maximum atomic E-state index is 12.5. The van der Waals surface area contributed by atoms with Gasteiger partial charge in [0.1, 0.15) is 5.82 Å². The van der Waals surface area contributed by atoms with Gasteiger partial charge >= 0.3 is 0 Å². The number of amides is 1. The molecule has 1 aromatic heterocycles. The highest BCUT2D eigenvalue weighted by Gasteiger charge is 2.42. The molecule has 1 N–H and O–H groups in total. The van der Waals surface area contributed by atoms with Crippen LogP contribution in [0.1, 0.15) is 63.0 Å². The number of hydrogen-bond acceptors (Lipinski definition) is 4. The summed E-state index contributed by atoms with van der Waals surface area (Å²) >= 11 is 0. The second kappa shape index (κ2) is 6.80. The lowest BCUT2D eigenvalue weighted by atomic mass is 9.95. The van der Waals surface area contributed by atoms with Gasteiger partial charge in [-0.25, -0.2) is 4.98 Å². The Labute approximate surface area is 155 Å².